The Hall–Kier alpha value is -3.46. The van der Waals surface area contributed by atoms with Gasteiger partial charge in [-0.2, -0.15) is 0 Å². The lowest BCUT2D eigenvalue weighted by Gasteiger charge is -2.41. The lowest BCUT2D eigenvalue weighted by Crippen LogP contribution is -2.64. The Morgan fingerprint density at radius 2 is 1.75 bits per heavy atom. The minimum atomic E-state index is -1.50. The van der Waals surface area contributed by atoms with Crippen molar-refractivity contribution in [3.63, 3.8) is 0 Å². The Bertz CT molecular complexity index is 1310. The molecule has 0 saturated carbocycles. The summed E-state index contributed by atoms with van der Waals surface area (Å²) in [5.41, 5.74) is 0.596. The van der Waals surface area contributed by atoms with Crippen molar-refractivity contribution in [1.29, 1.82) is 0 Å². The summed E-state index contributed by atoms with van der Waals surface area (Å²) in [6.07, 6.45) is -5.29. The van der Waals surface area contributed by atoms with Crippen molar-refractivity contribution in [2.24, 2.45) is 0 Å². The quantitative estimate of drug-likeness (QED) is 0.215. The number of methoxy groups -OCH3 is 2. The van der Waals surface area contributed by atoms with Crippen molar-refractivity contribution in [3.8, 4) is 11.5 Å². The van der Waals surface area contributed by atoms with Crippen LogP contribution in [0.5, 0.6) is 11.5 Å². The molecule has 1 fully saturated rings. The molecule has 1 aliphatic rings. The molecule has 1 aliphatic heterocycles. The number of ether oxygens (including phenoxy) is 5. The van der Waals surface area contributed by atoms with Crippen LogP contribution in [0.4, 0.5) is 5.69 Å². The largest absolute Gasteiger partial charge is 0.496 e. The van der Waals surface area contributed by atoms with E-state index in [2.05, 4.69) is 10.6 Å². The van der Waals surface area contributed by atoms with Gasteiger partial charge < -0.3 is 49.6 Å². The zero-order valence-electron chi connectivity index (χ0n) is 25.2. The normalized spacial score (nSPS) is 21.7. The average Bonchev–Trinajstić information content (AvgIpc) is 2.97. The van der Waals surface area contributed by atoms with E-state index in [1.54, 1.807) is 45.0 Å². The summed E-state index contributed by atoms with van der Waals surface area (Å²) in [6, 6.07) is 8.50. The lowest BCUT2D eigenvalue weighted by molar-refractivity contribution is -0.261. The second kappa shape index (κ2) is 15.5. The maximum absolute atomic E-state index is 13.2. The van der Waals surface area contributed by atoms with Crippen LogP contribution in [0.2, 0.25) is 5.02 Å². The minimum Gasteiger partial charge on any atom is -0.496 e. The maximum Gasteiger partial charge on any atom is 0.306 e. The number of hydrogen-bond acceptors (Lipinski definition) is 11. The summed E-state index contributed by atoms with van der Waals surface area (Å²) in [7, 11) is 2.65. The predicted octanol–water partition coefficient (Wildman–Crippen LogP) is 2.17. The van der Waals surface area contributed by atoms with Crippen LogP contribution < -0.4 is 20.1 Å². The first-order valence-corrected chi connectivity index (χ1v) is 14.2. The summed E-state index contributed by atoms with van der Waals surface area (Å²) in [5, 5.41) is 35.6. The van der Waals surface area contributed by atoms with Gasteiger partial charge in [0, 0.05) is 25.3 Å². The molecule has 0 bridgehead atoms. The predicted molar refractivity (Wildman–Crippen MR) is 159 cm³/mol. The van der Waals surface area contributed by atoms with E-state index in [1.807, 2.05) is 0 Å². The molecule has 0 spiro atoms. The summed E-state index contributed by atoms with van der Waals surface area (Å²) in [5.74, 6) is -1.18. The van der Waals surface area contributed by atoms with E-state index in [0.29, 0.717) is 11.3 Å². The average molecular weight is 639 g/mol. The Kier molecular flexibility index (Phi) is 12.3. The number of aliphatic hydroxyl groups excluding tert-OH is 3. The van der Waals surface area contributed by atoms with Crippen LogP contribution in [-0.2, 0) is 30.4 Å². The smallest absolute Gasteiger partial charge is 0.306 e. The fraction of sp³-hybridized carbons (Fsp3) is 0.500. The molecule has 13 nitrogen and oxygen atoms in total. The molecular formula is C30H39ClN2O11. The van der Waals surface area contributed by atoms with E-state index in [0.717, 1.165) is 0 Å². The summed E-state index contributed by atoms with van der Waals surface area (Å²) >= 11 is 6.44. The van der Waals surface area contributed by atoms with Gasteiger partial charge in [-0.3, -0.25) is 14.4 Å². The molecule has 2 aromatic rings. The Morgan fingerprint density at radius 1 is 1.02 bits per heavy atom. The van der Waals surface area contributed by atoms with Gasteiger partial charge in [-0.05, 0) is 44.5 Å². The number of anilines is 1. The standard InChI is InChI=1S/C30H39ClN2O11/c1-30(2,3)44-24(36)10-9-23(35)32-17-8-6-7-16(11-17)15-42-21-13-20(40-4)18(12-19(21)31)28(39)33-25-27(38)26(37)22(14-34)43-29(25)41-5/h6-8,11-13,22,25-27,29,34,37-38H,9-10,14-15H2,1-5H3,(H,32,35)(H,33,39)/t22-,25-,26-,27-,29+/m1/s1. The second-order valence-corrected chi connectivity index (χ2v) is 11.5. The van der Waals surface area contributed by atoms with E-state index in [1.165, 1.54) is 26.4 Å². The highest BCUT2D eigenvalue weighted by Crippen LogP contribution is 2.34. The molecular weight excluding hydrogens is 600 g/mol. The van der Waals surface area contributed by atoms with Crippen molar-refractivity contribution in [1.82, 2.24) is 5.32 Å². The topological polar surface area (TPSA) is 182 Å². The van der Waals surface area contributed by atoms with Crippen LogP contribution in [0.15, 0.2) is 36.4 Å². The van der Waals surface area contributed by atoms with Crippen molar-refractivity contribution >= 4 is 35.1 Å². The molecule has 2 amide bonds. The first-order chi connectivity index (χ1) is 20.8. The summed E-state index contributed by atoms with van der Waals surface area (Å²) < 4.78 is 27.1. The number of carbonyl (C=O) groups excluding carboxylic acids is 3. The van der Waals surface area contributed by atoms with Crippen molar-refractivity contribution < 1.29 is 53.4 Å². The molecule has 1 heterocycles. The molecule has 1 saturated heterocycles. The minimum absolute atomic E-state index is 0.0155. The van der Waals surface area contributed by atoms with E-state index >= 15 is 0 Å². The molecule has 0 radical (unpaired) electrons. The second-order valence-electron chi connectivity index (χ2n) is 11.0. The zero-order chi connectivity index (χ0) is 32.6. The number of benzene rings is 2. The zero-order valence-corrected chi connectivity index (χ0v) is 25.9. The monoisotopic (exact) mass is 638 g/mol. The third-order valence-corrected chi connectivity index (χ3v) is 6.79. The third kappa shape index (κ3) is 9.52. The number of amides is 2. The van der Waals surface area contributed by atoms with E-state index in [4.69, 9.17) is 35.3 Å². The molecule has 14 heteroatoms. The van der Waals surface area contributed by atoms with Gasteiger partial charge in [0.2, 0.25) is 5.91 Å². The molecule has 0 aliphatic carbocycles. The highest BCUT2D eigenvalue weighted by molar-refractivity contribution is 6.32. The van der Waals surface area contributed by atoms with E-state index in [-0.39, 0.29) is 47.4 Å². The summed E-state index contributed by atoms with van der Waals surface area (Å²) in [6.45, 7) is 4.77. The van der Waals surface area contributed by atoms with Gasteiger partial charge in [-0.25, -0.2) is 0 Å². The Balaban J connectivity index is 1.64. The van der Waals surface area contributed by atoms with Gasteiger partial charge in [-0.1, -0.05) is 23.7 Å². The Morgan fingerprint density at radius 3 is 2.39 bits per heavy atom. The van der Waals surface area contributed by atoms with Gasteiger partial charge in [0.15, 0.2) is 6.29 Å². The van der Waals surface area contributed by atoms with Crippen LogP contribution >= 0.6 is 11.6 Å². The molecule has 0 unspecified atom stereocenters. The third-order valence-electron chi connectivity index (χ3n) is 6.49. The lowest BCUT2D eigenvalue weighted by atomic mass is 9.96. The first-order valence-electron chi connectivity index (χ1n) is 13.8. The number of halogens is 1. The molecule has 5 N–H and O–H groups in total. The molecule has 3 rings (SSSR count). The van der Waals surface area contributed by atoms with Crippen LogP contribution in [0.25, 0.3) is 0 Å². The van der Waals surface area contributed by atoms with Gasteiger partial charge in [0.1, 0.15) is 48.1 Å². The molecule has 5 atom stereocenters. The number of nitrogens with one attached hydrogen (secondary N) is 2. The van der Waals surface area contributed by atoms with Crippen molar-refractivity contribution in [3.05, 3.63) is 52.5 Å². The van der Waals surface area contributed by atoms with Crippen LogP contribution in [0.1, 0.15) is 49.5 Å². The van der Waals surface area contributed by atoms with E-state index < -0.39 is 54.7 Å². The number of esters is 1. The number of carbonyl (C=O) groups is 3. The SMILES string of the molecule is COc1cc(OCc2cccc(NC(=O)CCC(=O)OC(C)(C)C)c2)c(Cl)cc1C(=O)N[C@H]1[C@@H](OC)O[C@H](CO)[C@@H](O)[C@@H]1O. The Labute approximate surface area is 260 Å². The molecule has 2 aromatic carbocycles. The van der Waals surface area contributed by atoms with Gasteiger partial charge in [-0.15, -0.1) is 0 Å². The fourth-order valence-electron chi connectivity index (χ4n) is 4.39. The fourth-order valence-corrected chi connectivity index (χ4v) is 4.61. The number of rotatable bonds is 12. The van der Waals surface area contributed by atoms with Crippen LogP contribution in [-0.4, -0.2) is 90.2 Å². The summed E-state index contributed by atoms with van der Waals surface area (Å²) in [4.78, 5) is 37.4. The molecule has 242 valence electrons. The van der Waals surface area contributed by atoms with Crippen LogP contribution in [0, 0.1) is 0 Å². The van der Waals surface area contributed by atoms with Gasteiger partial charge in [0.05, 0.1) is 30.7 Å². The maximum atomic E-state index is 13.2. The molecule has 44 heavy (non-hydrogen) atoms. The number of aliphatic hydroxyl groups is 3. The van der Waals surface area contributed by atoms with Gasteiger partial charge in [0.25, 0.3) is 5.91 Å². The van der Waals surface area contributed by atoms with Crippen molar-refractivity contribution in [2.75, 3.05) is 26.1 Å². The van der Waals surface area contributed by atoms with E-state index in [9.17, 15) is 29.7 Å². The highest BCUT2D eigenvalue weighted by atomic mass is 35.5. The van der Waals surface area contributed by atoms with Crippen molar-refractivity contribution in [2.45, 2.75) is 76.5 Å². The first kappa shape index (κ1) is 35.0. The van der Waals surface area contributed by atoms with Gasteiger partial charge >= 0.3 is 5.97 Å². The molecule has 0 aromatic heterocycles. The van der Waals surface area contributed by atoms with Crippen LogP contribution in [0.3, 0.4) is 0 Å². The number of hydrogen-bond donors (Lipinski definition) is 5. The highest BCUT2D eigenvalue weighted by Gasteiger charge is 2.45.